The van der Waals surface area contributed by atoms with Crippen LogP contribution in [0.2, 0.25) is 0 Å². The van der Waals surface area contributed by atoms with E-state index >= 15 is 0 Å². The second kappa shape index (κ2) is 7.26. The van der Waals surface area contributed by atoms with Gasteiger partial charge in [-0.1, -0.05) is 5.16 Å². The summed E-state index contributed by atoms with van der Waals surface area (Å²) in [5, 5.41) is 3.99. The van der Waals surface area contributed by atoms with Crippen LogP contribution in [0.25, 0.3) is 11.3 Å². The minimum atomic E-state index is -3.60. The first kappa shape index (κ1) is 18.7. The molecule has 0 unspecified atom stereocenters. The summed E-state index contributed by atoms with van der Waals surface area (Å²) in [5.41, 5.74) is 1.08. The van der Waals surface area contributed by atoms with E-state index in [-0.39, 0.29) is 16.3 Å². The third kappa shape index (κ3) is 3.29. The van der Waals surface area contributed by atoms with Gasteiger partial charge in [-0.2, -0.15) is 0 Å². The average Bonchev–Trinajstić information content (AvgIpc) is 3.02. The SMILES string of the molecule is COc1ccc(OC)c(C2OCCCO2)c1-c1noc(C)c1S(C)(=O)=O. The Balaban J connectivity index is 2.33. The van der Waals surface area contributed by atoms with Crippen molar-refractivity contribution in [3.63, 3.8) is 0 Å². The van der Waals surface area contributed by atoms with Gasteiger partial charge in [-0.05, 0) is 25.5 Å². The standard InChI is InChI=1S/C17H21NO7S/c1-10-16(26(4,19)20)15(18-25-10)13-11(21-2)6-7-12(22-3)14(13)17-23-8-5-9-24-17/h6-7,17H,5,8-9H2,1-4H3. The molecular formula is C17H21NO7S. The van der Waals surface area contributed by atoms with Crippen molar-refractivity contribution >= 4 is 9.84 Å². The van der Waals surface area contributed by atoms with Crippen molar-refractivity contribution < 1.29 is 31.9 Å². The lowest BCUT2D eigenvalue weighted by molar-refractivity contribution is -0.183. The maximum absolute atomic E-state index is 12.3. The Morgan fingerprint density at radius 3 is 2.31 bits per heavy atom. The largest absolute Gasteiger partial charge is 0.496 e. The molecule has 0 N–H and O–H groups in total. The number of benzene rings is 1. The lowest BCUT2D eigenvalue weighted by Crippen LogP contribution is -2.19. The van der Waals surface area contributed by atoms with E-state index in [9.17, 15) is 8.42 Å². The van der Waals surface area contributed by atoms with E-state index in [0.717, 1.165) is 12.7 Å². The van der Waals surface area contributed by atoms with Crippen molar-refractivity contribution in [1.29, 1.82) is 0 Å². The predicted molar refractivity (Wildman–Crippen MR) is 92.2 cm³/mol. The molecule has 0 amide bonds. The molecule has 0 aliphatic carbocycles. The van der Waals surface area contributed by atoms with Crippen molar-refractivity contribution in [3.05, 3.63) is 23.5 Å². The maximum Gasteiger partial charge on any atom is 0.188 e. The number of aryl methyl sites for hydroxylation is 1. The molecule has 2 aromatic rings. The second-order valence-electron chi connectivity index (χ2n) is 5.87. The van der Waals surface area contributed by atoms with Gasteiger partial charge in [-0.25, -0.2) is 8.42 Å². The van der Waals surface area contributed by atoms with Crippen molar-refractivity contribution in [2.75, 3.05) is 33.7 Å². The van der Waals surface area contributed by atoms with E-state index in [1.54, 1.807) is 19.1 Å². The molecule has 1 fully saturated rings. The second-order valence-corrected chi connectivity index (χ2v) is 7.83. The Bertz CT molecular complexity index is 898. The van der Waals surface area contributed by atoms with Crippen LogP contribution in [0.4, 0.5) is 0 Å². The van der Waals surface area contributed by atoms with Crippen LogP contribution >= 0.6 is 0 Å². The Labute approximate surface area is 151 Å². The molecule has 1 saturated heterocycles. The summed E-state index contributed by atoms with van der Waals surface area (Å²) in [6.45, 7) is 2.58. The number of ether oxygens (including phenoxy) is 4. The summed E-state index contributed by atoms with van der Waals surface area (Å²) in [7, 11) is -0.587. The van der Waals surface area contributed by atoms with Gasteiger partial charge in [0, 0.05) is 6.26 Å². The number of methoxy groups -OCH3 is 2. The fourth-order valence-corrected chi connectivity index (χ4v) is 4.07. The Kier molecular flexibility index (Phi) is 5.22. The zero-order valence-corrected chi connectivity index (χ0v) is 15.9. The van der Waals surface area contributed by atoms with Crippen molar-refractivity contribution in [1.82, 2.24) is 5.16 Å². The van der Waals surface area contributed by atoms with E-state index in [0.29, 0.717) is 35.8 Å². The smallest absolute Gasteiger partial charge is 0.188 e. The van der Waals surface area contributed by atoms with Gasteiger partial charge in [-0.3, -0.25) is 0 Å². The van der Waals surface area contributed by atoms with Gasteiger partial charge in [0.1, 0.15) is 22.1 Å². The first-order valence-corrected chi connectivity index (χ1v) is 9.92. The normalized spacial score (nSPS) is 15.8. The van der Waals surface area contributed by atoms with E-state index in [4.69, 9.17) is 23.5 Å². The molecule has 142 valence electrons. The predicted octanol–water partition coefficient (Wildman–Crippen LogP) is 2.51. The monoisotopic (exact) mass is 383 g/mol. The van der Waals surface area contributed by atoms with Crippen LogP contribution in [0.5, 0.6) is 11.5 Å². The molecule has 1 aliphatic heterocycles. The summed E-state index contributed by atoms with van der Waals surface area (Å²) in [4.78, 5) is 0.00103. The van der Waals surface area contributed by atoms with Gasteiger partial charge in [0.2, 0.25) is 0 Å². The highest BCUT2D eigenvalue weighted by molar-refractivity contribution is 7.90. The molecule has 0 radical (unpaired) electrons. The van der Waals surface area contributed by atoms with Crippen LogP contribution in [-0.2, 0) is 19.3 Å². The lowest BCUT2D eigenvalue weighted by Gasteiger charge is -2.27. The minimum absolute atomic E-state index is 0.00103. The van der Waals surface area contributed by atoms with Gasteiger partial charge in [0.25, 0.3) is 0 Å². The number of hydrogen-bond acceptors (Lipinski definition) is 8. The number of nitrogens with zero attached hydrogens (tertiary/aromatic N) is 1. The first-order valence-electron chi connectivity index (χ1n) is 8.03. The van der Waals surface area contributed by atoms with Crippen LogP contribution in [0.15, 0.2) is 21.6 Å². The van der Waals surface area contributed by atoms with Gasteiger partial charge in [0.05, 0.1) is 38.6 Å². The molecule has 0 saturated carbocycles. The molecule has 0 atom stereocenters. The van der Waals surface area contributed by atoms with Gasteiger partial charge < -0.3 is 23.5 Å². The summed E-state index contributed by atoms with van der Waals surface area (Å²) >= 11 is 0. The highest BCUT2D eigenvalue weighted by atomic mass is 32.2. The highest BCUT2D eigenvalue weighted by Gasteiger charge is 2.33. The zero-order chi connectivity index (χ0) is 18.9. The number of sulfone groups is 1. The molecule has 1 aromatic heterocycles. The molecule has 1 aromatic carbocycles. The number of aromatic nitrogens is 1. The summed E-state index contributed by atoms with van der Waals surface area (Å²) in [6.07, 6.45) is 1.15. The quantitative estimate of drug-likeness (QED) is 0.777. The molecule has 0 spiro atoms. The maximum atomic E-state index is 12.3. The molecule has 2 heterocycles. The van der Waals surface area contributed by atoms with Crippen LogP contribution in [0, 0.1) is 6.92 Å². The lowest BCUT2D eigenvalue weighted by atomic mass is 10.0. The fourth-order valence-electron chi connectivity index (χ4n) is 3.02. The van der Waals surface area contributed by atoms with E-state index in [2.05, 4.69) is 5.16 Å². The molecular weight excluding hydrogens is 362 g/mol. The van der Waals surface area contributed by atoms with Crippen molar-refractivity contribution in [2.24, 2.45) is 0 Å². The third-order valence-electron chi connectivity index (χ3n) is 4.09. The van der Waals surface area contributed by atoms with E-state index in [1.165, 1.54) is 14.2 Å². The molecule has 3 rings (SSSR count). The Morgan fingerprint density at radius 1 is 1.12 bits per heavy atom. The van der Waals surface area contributed by atoms with Gasteiger partial charge in [-0.15, -0.1) is 0 Å². The topological polar surface area (TPSA) is 97.1 Å². The van der Waals surface area contributed by atoms with Crippen molar-refractivity contribution in [3.8, 4) is 22.8 Å². The Morgan fingerprint density at radius 2 is 1.73 bits per heavy atom. The van der Waals surface area contributed by atoms with E-state index < -0.39 is 16.1 Å². The van der Waals surface area contributed by atoms with Crippen LogP contribution in [0.1, 0.15) is 24.0 Å². The molecule has 8 nitrogen and oxygen atoms in total. The van der Waals surface area contributed by atoms with Crippen LogP contribution < -0.4 is 9.47 Å². The number of hydrogen-bond donors (Lipinski definition) is 0. The molecule has 0 bridgehead atoms. The third-order valence-corrected chi connectivity index (χ3v) is 5.31. The Hall–Kier alpha value is -2.10. The fraction of sp³-hybridized carbons (Fsp3) is 0.471. The molecule has 9 heteroatoms. The molecule has 1 aliphatic rings. The summed E-state index contributed by atoms with van der Waals surface area (Å²) in [5.74, 6) is 1.09. The van der Waals surface area contributed by atoms with Gasteiger partial charge >= 0.3 is 0 Å². The highest BCUT2D eigenvalue weighted by Crippen LogP contribution is 2.45. The summed E-state index contributed by atoms with van der Waals surface area (Å²) < 4.78 is 52.2. The number of rotatable bonds is 5. The van der Waals surface area contributed by atoms with E-state index in [1.807, 2.05) is 0 Å². The molecule has 26 heavy (non-hydrogen) atoms. The first-order chi connectivity index (χ1) is 12.4. The van der Waals surface area contributed by atoms with Crippen molar-refractivity contribution in [2.45, 2.75) is 24.5 Å². The average molecular weight is 383 g/mol. The minimum Gasteiger partial charge on any atom is -0.496 e. The van der Waals surface area contributed by atoms with Gasteiger partial charge in [0.15, 0.2) is 21.9 Å². The summed E-state index contributed by atoms with van der Waals surface area (Å²) in [6, 6.07) is 3.39. The van der Waals surface area contributed by atoms with Crippen LogP contribution in [-0.4, -0.2) is 47.3 Å². The van der Waals surface area contributed by atoms with Crippen LogP contribution in [0.3, 0.4) is 0 Å². The zero-order valence-electron chi connectivity index (χ0n) is 15.1.